The van der Waals surface area contributed by atoms with Gasteiger partial charge in [-0.2, -0.15) is 0 Å². The summed E-state index contributed by atoms with van der Waals surface area (Å²) >= 11 is 0. The number of ether oxygens (including phenoxy) is 1. The Kier molecular flexibility index (Phi) is 3.43. The van der Waals surface area contributed by atoms with Gasteiger partial charge in [-0.25, -0.2) is 0 Å². The van der Waals surface area contributed by atoms with Gasteiger partial charge in [-0.15, -0.1) is 0 Å². The molecule has 5 fully saturated rings. The van der Waals surface area contributed by atoms with Crippen molar-refractivity contribution in [1.29, 1.82) is 0 Å². The molecule has 2 bridgehead atoms. The van der Waals surface area contributed by atoms with Crippen LogP contribution in [-0.4, -0.2) is 51.1 Å². The van der Waals surface area contributed by atoms with Gasteiger partial charge in [0.05, 0.1) is 6.04 Å². The Morgan fingerprint density at radius 1 is 1.21 bits per heavy atom. The molecule has 8 rings (SSSR count). The van der Waals surface area contributed by atoms with Crippen molar-refractivity contribution in [3.8, 4) is 5.75 Å². The maximum atomic E-state index is 14.0. The van der Waals surface area contributed by atoms with E-state index in [1.165, 1.54) is 0 Å². The van der Waals surface area contributed by atoms with E-state index in [2.05, 4.69) is 5.32 Å². The van der Waals surface area contributed by atoms with Crippen LogP contribution in [0.3, 0.4) is 0 Å². The Labute approximate surface area is 198 Å². The van der Waals surface area contributed by atoms with Gasteiger partial charge >= 0.3 is 0 Å². The highest BCUT2D eigenvalue weighted by atomic mass is 16.5. The van der Waals surface area contributed by atoms with Crippen LogP contribution in [-0.2, 0) is 15.2 Å². The third-order valence-corrected chi connectivity index (χ3v) is 9.74. The minimum absolute atomic E-state index is 0.00346. The molecule has 0 aromatic heterocycles. The fraction of sp³-hybridized carbons (Fsp3) is 0.615. The molecule has 34 heavy (non-hydrogen) atoms. The maximum Gasteiger partial charge on any atom is 0.249 e. The monoisotopic (exact) mass is 464 g/mol. The molecule has 5 unspecified atom stereocenters. The van der Waals surface area contributed by atoms with Crippen molar-refractivity contribution >= 4 is 23.6 Å². The van der Waals surface area contributed by atoms with Crippen LogP contribution in [0.4, 0.5) is 5.69 Å². The average Bonchev–Trinajstić information content (AvgIpc) is 3.27. The maximum absolute atomic E-state index is 14.0. The first-order valence-electron chi connectivity index (χ1n) is 12.3. The van der Waals surface area contributed by atoms with Crippen LogP contribution in [0.15, 0.2) is 18.2 Å². The van der Waals surface area contributed by atoms with Crippen molar-refractivity contribution in [2.75, 3.05) is 11.6 Å². The zero-order valence-corrected chi connectivity index (χ0v) is 20.0. The Bertz CT molecular complexity index is 1220. The van der Waals surface area contributed by atoms with Gasteiger partial charge in [-0.1, -0.05) is 19.9 Å². The van der Waals surface area contributed by atoms with Crippen molar-refractivity contribution in [3.05, 3.63) is 34.5 Å². The molecule has 6 aliphatic heterocycles. The fourth-order valence-corrected chi connectivity index (χ4v) is 8.44. The minimum atomic E-state index is -1.59. The predicted octanol–water partition coefficient (Wildman–Crippen LogP) is 2.42. The van der Waals surface area contributed by atoms with Gasteiger partial charge in [0.1, 0.15) is 28.0 Å². The lowest BCUT2D eigenvalue weighted by Gasteiger charge is -2.69. The number of benzene rings is 1. The normalized spacial score (nSPS) is 41.8. The highest BCUT2D eigenvalue weighted by Gasteiger charge is 2.77. The van der Waals surface area contributed by atoms with Crippen LogP contribution in [0.1, 0.15) is 64.5 Å². The first-order chi connectivity index (χ1) is 15.9. The quantitative estimate of drug-likeness (QED) is 0.611. The van der Waals surface area contributed by atoms with Crippen molar-refractivity contribution in [1.82, 2.24) is 10.2 Å². The molecule has 4 saturated heterocycles. The Morgan fingerprint density at radius 3 is 2.74 bits per heavy atom. The van der Waals surface area contributed by atoms with E-state index in [4.69, 9.17) is 4.74 Å². The highest BCUT2D eigenvalue weighted by Crippen LogP contribution is 2.67. The molecule has 8 heteroatoms. The first kappa shape index (κ1) is 20.8. The fourth-order valence-electron chi connectivity index (χ4n) is 8.44. The summed E-state index contributed by atoms with van der Waals surface area (Å²) in [6.07, 6.45) is 5.78. The number of rotatable bonds is 0. The van der Waals surface area contributed by atoms with Gasteiger partial charge < -0.3 is 30.3 Å². The lowest BCUT2D eigenvalue weighted by molar-refractivity contribution is -0.206. The van der Waals surface area contributed by atoms with E-state index in [0.717, 1.165) is 11.5 Å². The summed E-state index contributed by atoms with van der Waals surface area (Å²) in [6, 6.07) is 2.79. The molecule has 1 saturated carbocycles. The number of fused-ring (bicyclic) bond motifs is 6. The molecule has 180 valence electrons. The molecule has 1 aromatic carbocycles. The summed E-state index contributed by atoms with van der Waals surface area (Å²) < 4.78 is 6.10. The molecule has 5 atom stereocenters. The van der Waals surface area contributed by atoms with Crippen LogP contribution in [0, 0.1) is 16.5 Å². The summed E-state index contributed by atoms with van der Waals surface area (Å²) in [7, 11) is 0. The standard InChI is InChI=1S/C26H30N3O5/c1-22(2)10-8-14-16(34-22)7-6-15-18(14)29(33)19-23(3,4)17-12-24-9-5-11-28(24)21(31)25(17,27-20(24)30)13-26(15,19)32/h6-8,10,17,19,32H,5,9,11-13H2,1-4H3,(H,27,30)/q-1. The van der Waals surface area contributed by atoms with E-state index in [1.54, 1.807) is 17.0 Å². The second-order valence-electron chi connectivity index (χ2n) is 12.3. The number of nitrogens with zero attached hydrogens (tertiary/aromatic N) is 2. The third kappa shape index (κ3) is 2.02. The van der Waals surface area contributed by atoms with Gasteiger partial charge in [0.2, 0.25) is 11.8 Å². The summed E-state index contributed by atoms with van der Waals surface area (Å²) in [5.41, 5.74) is -3.30. The van der Waals surface area contributed by atoms with E-state index in [9.17, 15) is 19.9 Å². The zero-order valence-electron chi connectivity index (χ0n) is 20.0. The average molecular weight is 465 g/mol. The zero-order chi connectivity index (χ0) is 24.1. The van der Waals surface area contributed by atoms with Crippen molar-refractivity contribution in [2.45, 2.75) is 81.7 Å². The Hall–Kier alpha value is -2.58. The van der Waals surface area contributed by atoms with Gasteiger partial charge in [-0.3, -0.25) is 9.59 Å². The smallest absolute Gasteiger partial charge is 0.249 e. The summed E-state index contributed by atoms with van der Waals surface area (Å²) in [5, 5.41) is 30.4. The van der Waals surface area contributed by atoms with E-state index >= 15 is 0 Å². The van der Waals surface area contributed by atoms with Crippen molar-refractivity contribution in [2.24, 2.45) is 11.3 Å². The Morgan fingerprint density at radius 2 is 1.97 bits per heavy atom. The number of piperidine rings is 2. The number of hydrogen-bond acceptors (Lipinski definition) is 6. The molecule has 2 amide bonds. The number of aliphatic hydroxyl groups is 1. The van der Waals surface area contributed by atoms with Crippen LogP contribution in [0.2, 0.25) is 0 Å². The molecule has 2 N–H and O–H groups in total. The van der Waals surface area contributed by atoms with Gasteiger partial charge in [0.15, 0.2) is 0 Å². The van der Waals surface area contributed by atoms with Gasteiger partial charge in [0, 0.05) is 35.7 Å². The topological polar surface area (TPSA) is 105 Å². The van der Waals surface area contributed by atoms with E-state index in [-0.39, 0.29) is 24.2 Å². The SMILES string of the molecule is CC1(C)C=Cc2c(ccc3c2N([O-])C2C3(O)CC34NC(=O)C5(CCCN5C3=O)CC4C2(C)C)O1. The van der Waals surface area contributed by atoms with E-state index in [0.29, 0.717) is 42.0 Å². The number of hydrogen-bond donors (Lipinski definition) is 2. The lowest BCUT2D eigenvalue weighted by atomic mass is 9.46. The van der Waals surface area contributed by atoms with Gasteiger partial charge in [-0.05, 0) is 56.7 Å². The second kappa shape index (κ2) is 5.62. The van der Waals surface area contributed by atoms with Crippen LogP contribution >= 0.6 is 0 Å². The minimum Gasteiger partial charge on any atom is -0.758 e. The van der Waals surface area contributed by atoms with Crippen LogP contribution < -0.4 is 15.1 Å². The molecular weight excluding hydrogens is 434 g/mol. The summed E-state index contributed by atoms with van der Waals surface area (Å²) in [4.78, 5) is 29.1. The van der Waals surface area contributed by atoms with Gasteiger partial charge in [0.25, 0.3) is 0 Å². The molecule has 1 aromatic rings. The summed E-state index contributed by atoms with van der Waals surface area (Å²) in [6.45, 7) is 8.42. The number of anilines is 1. The Balaban J connectivity index is 1.43. The number of nitrogens with one attached hydrogen (secondary N) is 1. The molecule has 0 radical (unpaired) electrons. The molecule has 2 spiro atoms. The number of carbonyl (C=O) groups excluding carboxylic acids is 2. The van der Waals surface area contributed by atoms with E-state index in [1.807, 2.05) is 39.8 Å². The number of amides is 2. The third-order valence-electron chi connectivity index (χ3n) is 9.74. The first-order valence-corrected chi connectivity index (χ1v) is 12.3. The van der Waals surface area contributed by atoms with Crippen LogP contribution in [0.5, 0.6) is 5.75 Å². The summed E-state index contributed by atoms with van der Waals surface area (Å²) in [5.74, 6) is 0.138. The molecule has 6 heterocycles. The molecule has 7 aliphatic rings. The lowest BCUT2D eigenvalue weighted by Crippen LogP contribution is -2.86. The second-order valence-corrected chi connectivity index (χ2v) is 12.3. The number of hydroxylamine groups is 1. The largest absolute Gasteiger partial charge is 0.758 e. The number of carbonyl (C=O) groups is 2. The molecule has 8 nitrogen and oxygen atoms in total. The van der Waals surface area contributed by atoms with Crippen molar-refractivity contribution < 1.29 is 19.4 Å². The molecular formula is C26H30N3O5-. The highest BCUT2D eigenvalue weighted by molar-refractivity contribution is 6.05. The van der Waals surface area contributed by atoms with E-state index < -0.39 is 33.7 Å². The number of piperazine rings is 1. The van der Waals surface area contributed by atoms with Crippen LogP contribution in [0.25, 0.3) is 6.08 Å². The predicted molar refractivity (Wildman–Crippen MR) is 125 cm³/mol. The van der Waals surface area contributed by atoms with Crippen molar-refractivity contribution in [3.63, 3.8) is 0 Å². The molecule has 1 aliphatic carbocycles.